The largest absolute Gasteiger partial charge is 0.365 e. The van der Waals surface area contributed by atoms with Crippen molar-refractivity contribution in [2.75, 3.05) is 32.0 Å². The minimum absolute atomic E-state index is 0.0336. The number of carbonyl (C=O) groups is 1. The predicted molar refractivity (Wildman–Crippen MR) is 65.5 cm³/mol. The number of hydrogen-bond acceptors (Lipinski definition) is 4. The van der Waals surface area contributed by atoms with E-state index in [0.717, 1.165) is 6.54 Å². The van der Waals surface area contributed by atoms with Crippen molar-refractivity contribution in [2.45, 2.75) is 30.6 Å². The number of hydrogen-bond donors (Lipinski definition) is 1. The molecule has 2 unspecified atom stereocenters. The Morgan fingerprint density at radius 1 is 1.50 bits per heavy atom. The normalized spacial score (nSPS) is 31.8. The highest BCUT2D eigenvalue weighted by Crippen LogP contribution is 2.26. The van der Waals surface area contributed by atoms with Crippen LogP contribution in [0.1, 0.15) is 19.3 Å². The van der Waals surface area contributed by atoms with Gasteiger partial charge in [-0.2, -0.15) is 11.8 Å². The zero-order valence-corrected chi connectivity index (χ0v) is 10.4. The van der Waals surface area contributed by atoms with Crippen molar-refractivity contribution in [3.63, 3.8) is 0 Å². The molecule has 0 saturated carbocycles. The number of nitrogens with zero attached hydrogens (tertiary/aromatic N) is 1. The van der Waals surface area contributed by atoms with Crippen molar-refractivity contribution in [2.24, 2.45) is 5.73 Å². The van der Waals surface area contributed by atoms with Crippen LogP contribution in [0.5, 0.6) is 0 Å². The second-order valence-corrected chi connectivity index (χ2v) is 5.86. The molecule has 2 saturated heterocycles. The fourth-order valence-electron chi connectivity index (χ4n) is 2.20. The highest BCUT2D eigenvalue weighted by molar-refractivity contribution is 7.99. The first-order valence-corrected chi connectivity index (χ1v) is 7.05. The number of ether oxygens (including phenoxy) is 1. The number of morpholine rings is 1. The number of rotatable bonds is 3. The predicted octanol–water partition coefficient (Wildman–Crippen LogP) is 0.458. The van der Waals surface area contributed by atoms with E-state index in [1.54, 1.807) is 0 Å². The molecule has 2 aliphatic heterocycles. The lowest BCUT2D eigenvalue weighted by Gasteiger charge is -2.35. The van der Waals surface area contributed by atoms with Crippen molar-refractivity contribution in [3.8, 4) is 0 Å². The zero-order chi connectivity index (χ0) is 11.4. The first-order chi connectivity index (χ1) is 7.79. The maximum Gasteiger partial charge on any atom is 0.248 e. The smallest absolute Gasteiger partial charge is 0.248 e. The Morgan fingerprint density at radius 3 is 3.06 bits per heavy atom. The van der Waals surface area contributed by atoms with Crippen LogP contribution in [0.15, 0.2) is 0 Å². The summed E-state index contributed by atoms with van der Waals surface area (Å²) < 4.78 is 5.34. The molecule has 2 rings (SSSR count). The van der Waals surface area contributed by atoms with E-state index in [0.29, 0.717) is 18.3 Å². The highest BCUT2D eigenvalue weighted by atomic mass is 32.2. The topological polar surface area (TPSA) is 55.6 Å². The standard InChI is InChI=1S/C11H20N2O2S/c12-5-9-6-13(11(14)8-15-9)7-10-3-1-2-4-16-10/h9-10H,1-8,12H2. The van der Waals surface area contributed by atoms with E-state index >= 15 is 0 Å². The van der Waals surface area contributed by atoms with Crippen LogP contribution in [0, 0.1) is 0 Å². The Bertz CT molecular complexity index is 244. The highest BCUT2D eigenvalue weighted by Gasteiger charge is 2.28. The molecule has 0 aromatic rings. The molecule has 2 fully saturated rings. The van der Waals surface area contributed by atoms with E-state index in [2.05, 4.69) is 0 Å². The molecule has 0 radical (unpaired) electrons. The van der Waals surface area contributed by atoms with Gasteiger partial charge in [0, 0.05) is 24.9 Å². The van der Waals surface area contributed by atoms with Crippen LogP contribution in [-0.4, -0.2) is 54.2 Å². The minimum Gasteiger partial charge on any atom is -0.365 e. The van der Waals surface area contributed by atoms with Crippen LogP contribution in [0.25, 0.3) is 0 Å². The van der Waals surface area contributed by atoms with Crippen molar-refractivity contribution in [3.05, 3.63) is 0 Å². The number of carbonyl (C=O) groups excluding carboxylic acids is 1. The quantitative estimate of drug-likeness (QED) is 0.783. The van der Waals surface area contributed by atoms with Gasteiger partial charge < -0.3 is 15.4 Å². The summed E-state index contributed by atoms with van der Waals surface area (Å²) in [5, 5.41) is 0.620. The van der Waals surface area contributed by atoms with Crippen LogP contribution in [-0.2, 0) is 9.53 Å². The fraction of sp³-hybridized carbons (Fsp3) is 0.909. The molecule has 2 aliphatic rings. The lowest BCUT2D eigenvalue weighted by Crippen LogP contribution is -2.51. The van der Waals surface area contributed by atoms with Crippen molar-refractivity contribution in [1.82, 2.24) is 4.90 Å². The Balaban J connectivity index is 1.83. The van der Waals surface area contributed by atoms with Gasteiger partial charge in [0.1, 0.15) is 6.61 Å². The number of thioether (sulfide) groups is 1. The van der Waals surface area contributed by atoms with Gasteiger partial charge in [-0.3, -0.25) is 4.79 Å². The maximum absolute atomic E-state index is 11.7. The van der Waals surface area contributed by atoms with Crippen molar-refractivity contribution in [1.29, 1.82) is 0 Å². The summed E-state index contributed by atoms with van der Waals surface area (Å²) in [6.07, 6.45) is 3.90. The summed E-state index contributed by atoms with van der Waals surface area (Å²) in [5.74, 6) is 1.36. The summed E-state index contributed by atoms with van der Waals surface area (Å²) in [5.41, 5.74) is 5.58. The first kappa shape index (κ1) is 12.2. The molecule has 2 atom stereocenters. The van der Waals surface area contributed by atoms with E-state index < -0.39 is 0 Å². The molecule has 0 aromatic carbocycles. The van der Waals surface area contributed by atoms with E-state index in [4.69, 9.17) is 10.5 Å². The van der Waals surface area contributed by atoms with E-state index in [1.165, 1.54) is 25.0 Å². The zero-order valence-electron chi connectivity index (χ0n) is 9.56. The molecule has 2 N–H and O–H groups in total. The Morgan fingerprint density at radius 2 is 2.38 bits per heavy atom. The minimum atomic E-state index is 0.0336. The third-order valence-corrected chi connectivity index (χ3v) is 4.56. The van der Waals surface area contributed by atoms with Crippen molar-refractivity contribution >= 4 is 17.7 Å². The van der Waals surface area contributed by atoms with Crippen molar-refractivity contribution < 1.29 is 9.53 Å². The average Bonchev–Trinajstić information content (AvgIpc) is 2.33. The maximum atomic E-state index is 11.7. The molecular formula is C11H20N2O2S. The van der Waals surface area contributed by atoms with E-state index in [-0.39, 0.29) is 18.6 Å². The fourth-order valence-corrected chi connectivity index (χ4v) is 3.52. The second-order valence-electron chi connectivity index (χ2n) is 4.46. The van der Waals surface area contributed by atoms with Gasteiger partial charge in [-0.25, -0.2) is 0 Å². The Hall–Kier alpha value is -0.260. The first-order valence-electron chi connectivity index (χ1n) is 6.00. The molecular weight excluding hydrogens is 224 g/mol. The third-order valence-electron chi connectivity index (χ3n) is 3.18. The third kappa shape index (κ3) is 3.12. The van der Waals surface area contributed by atoms with Crippen LogP contribution in [0.2, 0.25) is 0 Å². The lowest BCUT2D eigenvalue weighted by molar-refractivity contribution is -0.148. The number of amides is 1. The molecule has 5 heteroatoms. The van der Waals surface area contributed by atoms with Crippen LogP contribution >= 0.6 is 11.8 Å². The van der Waals surface area contributed by atoms with E-state index in [1.807, 2.05) is 16.7 Å². The molecule has 0 bridgehead atoms. The summed E-state index contributed by atoms with van der Waals surface area (Å²) in [6.45, 7) is 2.26. The van der Waals surface area contributed by atoms with Gasteiger partial charge in [0.25, 0.3) is 0 Å². The molecule has 16 heavy (non-hydrogen) atoms. The molecule has 0 spiro atoms. The van der Waals surface area contributed by atoms with Gasteiger partial charge in [0.05, 0.1) is 6.10 Å². The van der Waals surface area contributed by atoms with Gasteiger partial charge in [-0.1, -0.05) is 6.42 Å². The van der Waals surface area contributed by atoms with Gasteiger partial charge in [-0.15, -0.1) is 0 Å². The van der Waals surface area contributed by atoms with Gasteiger partial charge in [0.15, 0.2) is 0 Å². The summed E-state index contributed by atoms with van der Waals surface area (Å²) in [6, 6.07) is 0. The molecule has 4 nitrogen and oxygen atoms in total. The molecule has 1 amide bonds. The summed E-state index contributed by atoms with van der Waals surface area (Å²) >= 11 is 2.00. The van der Waals surface area contributed by atoms with Gasteiger partial charge in [-0.05, 0) is 18.6 Å². The lowest BCUT2D eigenvalue weighted by atomic mass is 10.1. The second kappa shape index (κ2) is 5.89. The van der Waals surface area contributed by atoms with Crippen LogP contribution in [0.4, 0.5) is 0 Å². The molecule has 92 valence electrons. The van der Waals surface area contributed by atoms with Gasteiger partial charge >= 0.3 is 0 Å². The van der Waals surface area contributed by atoms with Crippen LogP contribution in [0.3, 0.4) is 0 Å². The molecule has 0 aromatic heterocycles. The number of nitrogens with two attached hydrogens (primary N) is 1. The molecule has 2 heterocycles. The summed E-state index contributed by atoms with van der Waals surface area (Å²) in [4.78, 5) is 13.6. The summed E-state index contributed by atoms with van der Waals surface area (Å²) in [7, 11) is 0. The Kier molecular flexibility index (Phi) is 4.49. The van der Waals surface area contributed by atoms with E-state index in [9.17, 15) is 4.79 Å². The SMILES string of the molecule is NCC1CN(CC2CCCCS2)C(=O)CO1. The van der Waals surface area contributed by atoms with Gasteiger partial charge in [0.2, 0.25) is 5.91 Å². The molecule has 0 aliphatic carbocycles. The monoisotopic (exact) mass is 244 g/mol. The van der Waals surface area contributed by atoms with Crippen LogP contribution < -0.4 is 5.73 Å². The Labute approximate surface area is 101 Å². The average molecular weight is 244 g/mol.